The van der Waals surface area contributed by atoms with E-state index in [1.165, 1.54) is 116 Å². The van der Waals surface area contributed by atoms with E-state index in [1.54, 1.807) is 0 Å². The maximum absolute atomic E-state index is 6.70. The summed E-state index contributed by atoms with van der Waals surface area (Å²) < 4.78 is 20.1. The van der Waals surface area contributed by atoms with Crippen molar-refractivity contribution in [3.8, 4) is 135 Å². The van der Waals surface area contributed by atoms with Crippen LogP contribution in [0.2, 0.25) is 0 Å². The fraction of sp³-hybridized carbons (Fsp3) is 0.0720. The molecule has 0 fully saturated rings. The first-order valence-electron chi connectivity index (χ1n) is 45.0. The predicted molar refractivity (Wildman–Crippen MR) is 542 cm³/mol. The van der Waals surface area contributed by atoms with Crippen LogP contribution in [0.15, 0.2) is 461 Å². The average molecular weight is 1670 g/mol. The molecular weight excluding hydrogens is 1580 g/mol. The molecule has 130 heavy (non-hydrogen) atoms. The Bertz CT molecular complexity index is 7470. The largest absolute Gasteiger partial charge is 0.456 e. The zero-order valence-corrected chi connectivity index (χ0v) is 73.5. The Morgan fingerprint density at radius 1 is 0.154 bits per heavy atom. The van der Waals surface area contributed by atoms with Crippen molar-refractivity contribution in [1.82, 2.24) is 0 Å². The van der Waals surface area contributed by atoms with Gasteiger partial charge in [-0.15, -0.1) is 0 Å². The quantitative estimate of drug-likeness (QED) is 0.102. The zero-order chi connectivity index (χ0) is 87.6. The van der Waals surface area contributed by atoms with Crippen molar-refractivity contribution < 1.29 is 14.2 Å². The highest BCUT2D eigenvalue weighted by molar-refractivity contribution is 5.99. The van der Waals surface area contributed by atoms with Gasteiger partial charge in [-0.05, 0) is 196 Å². The van der Waals surface area contributed by atoms with Gasteiger partial charge in [0.2, 0.25) is 0 Å². The van der Waals surface area contributed by atoms with Gasteiger partial charge in [-0.3, -0.25) is 0 Å². The molecule has 3 aliphatic heterocycles. The van der Waals surface area contributed by atoms with Crippen molar-refractivity contribution in [3.63, 3.8) is 0 Å². The molecule has 5 heteroatoms. The molecule has 0 spiro atoms. The topological polar surface area (TPSA) is 34.2 Å². The van der Waals surface area contributed by atoms with Crippen molar-refractivity contribution in [2.24, 2.45) is 0 Å². The van der Waals surface area contributed by atoms with E-state index in [0.29, 0.717) is 0 Å². The molecule has 0 aliphatic carbocycles. The molecule has 0 saturated carbocycles. The molecule has 20 aromatic rings. The van der Waals surface area contributed by atoms with Crippen LogP contribution in [0.4, 0.5) is 34.1 Å². The summed E-state index contributed by atoms with van der Waals surface area (Å²) in [6, 6.07) is 166. The molecule has 3 heterocycles. The van der Waals surface area contributed by atoms with Gasteiger partial charge in [0.05, 0.1) is 0 Å². The van der Waals surface area contributed by atoms with Crippen LogP contribution in [-0.4, -0.2) is 0 Å². The van der Waals surface area contributed by atoms with Crippen LogP contribution in [0.25, 0.3) is 122 Å². The van der Waals surface area contributed by atoms with E-state index >= 15 is 0 Å². The van der Waals surface area contributed by atoms with Gasteiger partial charge in [0, 0.05) is 100 Å². The van der Waals surface area contributed by atoms with Crippen molar-refractivity contribution in [3.05, 3.63) is 494 Å². The lowest BCUT2D eigenvalue weighted by atomic mass is 9.75. The number of hydrogen-bond acceptors (Lipinski definition) is 5. The van der Waals surface area contributed by atoms with Crippen molar-refractivity contribution in [2.45, 2.75) is 57.8 Å². The maximum atomic E-state index is 6.70. The van der Waals surface area contributed by atoms with Gasteiger partial charge >= 0.3 is 0 Å². The third-order valence-electron chi connectivity index (χ3n) is 27.0. The predicted octanol–water partition coefficient (Wildman–Crippen LogP) is 34.9. The highest BCUT2D eigenvalue weighted by Crippen LogP contribution is 2.56. The lowest BCUT2D eigenvalue weighted by molar-refractivity contribution is 0.419. The lowest BCUT2D eigenvalue weighted by Gasteiger charge is -2.35. The van der Waals surface area contributed by atoms with E-state index in [0.717, 1.165) is 108 Å². The van der Waals surface area contributed by atoms with Crippen molar-refractivity contribution >= 4 is 55.7 Å². The van der Waals surface area contributed by atoms with E-state index in [-0.39, 0.29) is 16.2 Å². The maximum Gasteiger partial charge on any atom is 0.139 e. The number of ether oxygens (including phenoxy) is 3. The van der Waals surface area contributed by atoms with E-state index in [9.17, 15) is 0 Å². The second kappa shape index (κ2) is 33.0. The third kappa shape index (κ3) is 14.6. The lowest BCUT2D eigenvalue weighted by Crippen LogP contribution is -2.24. The smallest absolute Gasteiger partial charge is 0.139 e. The van der Waals surface area contributed by atoms with Crippen molar-refractivity contribution in [2.75, 3.05) is 9.80 Å². The highest BCUT2D eigenvalue weighted by atomic mass is 16.5. The fourth-order valence-electron chi connectivity index (χ4n) is 19.9. The molecule has 0 radical (unpaired) electrons. The minimum Gasteiger partial charge on any atom is -0.456 e. The van der Waals surface area contributed by atoms with Crippen LogP contribution in [0.1, 0.15) is 74.9 Å². The Labute approximate surface area is 761 Å². The van der Waals surface area contributed by atoms with Crippen LogP contribution < -0.4 is 24.0 Å². The monoisotopic (exact) mass is 1670 g/mol. The Balaban J connectivity index is 0.000000153. The van der Waals surface area contributed by atoms with E-state index in [2.05, 4.69) is 512 Å². The Morgan fingerprint density at radius 2 is 0.346 bits per heavy atom. The minimum atomic E-state index is -0.195. The second-order valence-corrected chi connectivity index (χ2v) is 35.8. The molecule has 0 amide bonds. The van der Waals surface area contributed by atoms with Crippen LogP contribution in [-0.2, 0) is 16.2 Å². The number of benzene rings is 20. The molecule has 5 nitrogen and oxygen atoms in total. The number of rotatable bonds is 15. The summed E-state index contributed by atoms with van der Waals surface area (Å²) in [6.45, 7) is 13.7. The van der Waals surface area contributed by atoms with Crippen LogP contribution in [0.3, 0.4) is 0 Å². The molecule has 20 aromatic carbocycles. The minimum absolute atomic E-state index is 0.183. The van der Waals surface area contributed by atoms with Gasteiger partial charge in [0.25, 0.3) is 0 Å². The highest BCUT2D eigenvalue weighted by Gasteiger charge is 2.39. The van der Waals surface area contributed by atoms with Gasteiger partial charge in [-0.25, -0.2) is 0 Å². The van der Waals surface area contributed by atoms with Gasteiger partial charge in [0.1, 0.15) is 34.5 Å². The molecule has 3 aliphatic rings. The summed E-state index contributed by atoms with van der Waals surface area (Å²) in [5.74, 6) is 5.53. The number of hydrogen-bond donors (Lipinski definition) is 0. The summed E-state index contributed by atoms with van der Waals surface area (Å²) in [6.07, 6.45) is 0. The van der Waals surface area contributed by atoms with Crippen LogP contribution in [0.5, 0.6) is 34.5 Å². The Hall–Kier alpha value is -16.1. The summed E-state index contributed by atoms with van der Waals surface area (Å²) in [7, 11) is 0. The Morgan fingerprint density at radius 3 is 0.638 bits per heavy atom. The fourth-order valence-corrected chi connectivity index (χ4v) is 19.9. The first-order valence-corrected chi connectivity index (χ1v) is 45.0. The van der Waals surface area contributed by atoms with Crippen LogP contribution in [0, 0.1) is 0 Å². The van der Waals surface area contributed by atoms with Crippen molar-refractivity contribution in [1.29, 1.82) is 0 Å². The third-order valence-corrected chi connectivity index (χ3v) is 27.0. The SMILES string of the molecule is CC1(C)c2ccccc2Oc2c(-c3ccc(N(c4ccc(-c5ccc(-c6cccc7ccccc67)cc5)cc4)c4ccc(-c5cccc6c5Oc5ccccc5C6(C)C)cc4)cc3)cccc21.CC1(C)c2ccccc2Oc2c(-c3ccc(N(c4ccc(-c5ccc(-c6ccccc6)cc5)cc4)c4ccc(-c5ccc(-c6cccc7ccccc67)cc5)cc4)cc3)cccc21. The van der Waals surface area contributed by atoms with E-state index < -0.39 is 0 Å². The first-order chi connectivity index (χ1) is 63.7. The zero-order valence-electron chi connectivity index (χ0n) is 73.5. The molecule has 23 rings (SSSR count). The molecule has 0 unspecified atom stereocenters. The molecule has 0 saturated heterocycles. The normalized spacial score (nSPS) is 13.2. The molecule has 0 aromatic heterocycles. The second-order valence-electron chi connectivity index (χ2n) is 35.8. The molecule has 0 N–H and O–H groups in total. The molecule has 0 atom stereocenters. The molecular formula is C125H94N2O3. The van der Waals surface area contributed by atoms with Gasteiger partial charge in [-0.1, -0.05) is 412 Å². The molecule has 622 valence electrons. The van der Waals surface area contributed by atoms with Crippen LogP contribution >= 0.6 is 0 Å². The van der Waals surface area contributed by atoms with Gasteiger partial charge in [0.15, 0.2) is 0 Å². The molecule has 0 bridgehead atoms. The summed E-state index contributed by atoms with van der Waals surface area (Å²) in [5.41, 5.74) is 34.0. The van der Waals surface area contributed by atoms with Gasteiger partial charge in [-0.2, -0.15) is 0 Å². The average Bonchev–Trinajstić information content (AvgIpc) is 0.744. The number of anilines is 6. The van der Waals surface area contributed by atoms with E-state index in [1.807, 2.05) is 0 Å². The summed E-state index contributed by atoms with van der Waals surface area (Å²) in [5, 5.41) is 5.04. The number of para-hydroxylation sites is 6. The standard InChI is InChI=1S/C64H49NO2.C61H45NO/c1-63(2)55-20-7-9-24-59(55)66-61-53(18-12-22-57(61)63)46-32-38-49(39-33-46)65(48-36-30-43(31-37-48)42-26-28-45(29-27-42)52-17-11-15-44-14-5-6-16-51(44)52)50-40-34-47(35-41-50)54-19-13-23-58-62(54)67-60-25-10-8-21-56(60)64(58,3)4;1-61(2)57-19-8-9-21-59(57)63-60-56(18-11-20-58(60)61)50-34-40-53(41-35-50)62(51-36-30-46(31-37-51)44-24-22-43(23-25-44)42-12-4-3-5-13-42)52-38-32-47(33-39-52)45-26-28-49(29-27-45)55-17-10-15-48-14-6-7-16-54(48)55/h5-41H,1-4H3;3-41H,1-2H3. The number of nitrogens with zero attached hydrogens (tertiary/aromatic N) is 2. The summed E-state index contributed by atoms with van der Waals surface area (Å²) in [4.78, 5) is 4.68. The van der Waals surface area contributed by atoms with E-state index in [4.69, 9.17) is 14.2 Å². The van der Waals surface area contributed by atoms with Gasteiger partial charge < -0.3 is 24.0 Å². The summed E-state index contributed by atoms with van der Waals surface area (Å²) >= 11 is 0. The Kier molecular flexibility index (Phi) is 20.3. The first kappa shape index (κ1) is 79.8. The number of fused-ring (bicyclic) bond motifs is 8.